The Morgan fingerprint density at radius 3 is 3.00 bits per heavy atom. The van der Waals surface area contributed by atoms with Crippen LogP contribution in [-0.4, -0.2) is 49.3 Å². The molecule has 96 valence electrons. The zero-order valence-electron chi connectivity index (χ0n) is 10.4. The van der Waals surface area contributed by atoms with E-state index in [2.05, 4.69) is 27.5 Å². The number of rotatable bonds is 6. The van der Waals surface area contributed by atoms with E-state index in [4.69, 9.17) is 4.74 Å². The van der Waals surface area contributed by atoms with Crippen molar-refractivity contribution in [3.63, 3.8) is 0 Å². The molecule has 0 atom stereocenters. The molecule has 0 radical (unpaired) electrons. The van der Waals surface area contributed by atoms with E-state index < -0.39 is 0 Å². The van der Waals surface area contributed by atoms with Crippen LogP contribution in [0.4, 0.5) is 0 Å². The highest BCUT2D eigenvalue weighted by Crippen LogP contribution is 2.09. The van der Waals surface area contributed by atoms with E-state index >= 15 is 0 Å². The van der Waals surface area contributed by atoms with E-state index in [9.17, 15) is 0 Å². The Bertz CT molecular complexity index is 323. The summed E-state index contributed by atoms with van der Waals surface area (Å²) in [6.07, 6.45) is 1.04. The quantitative estimate of drug-likeness (QED) is 0.773. The minimum Gasteiger partial charge on any atom is -0.379 e. The van der Waals surface area contributed by atoms with Crippen LogP contribution in [0.25, 0.3) is 0 Å². The second-order valence-corrected chi connectivity index (χ2v) is 5.16. The van der Waals surface area contributed by atoms with Gasteiger partial charge in [0, 0.05) is 38.1 Å². The van der Waals surface area contributed by atoms with Crippen molar-refractivity contribution in [2.45, 2.75) is 19.9 Å². The summed E-state index contributed by atoms with van der Waals surface area (Å²) in [5.41, 5.74) is 1.17. The SMILES string of the molecule is CCc1nc(CNCCN2CCOCC2)cs1. The fraction of sp³-hybridized carbons (Fsp3) is 0.750. The van der Waals surface area contributed by atoms with E-state index in [1.165, 1.54) is 10.7 Å². The van der Waals surface area contributed by atoms with E-state index in [-0.39, 0.29) is 0 Å². The average Bonchev–Trinajstić information content (AvgIpc) is 2.84. The van der Waals surface area contributed by atoms with E-state index in [0.717, 1.165) is 52.4 Å². The van der Waals surface area contributed by atoms with Gasteiger partial charge in [0.05, 0.1) is 23.9 Å². The molecule has 0 amide bonds. The predicted octanol–water partition coefficient (Wildman–Crippen LogP) is 1.13. The third kappa shape index (κ3) is 4.35. The first kappa shape index (κ1) is 13.0. The Hall–Kier alpha value is -0.490. The molecule has 17 heavy (non-hydrogen) atoms. The van der Waals surface area contributed by atoms with Crippen LogP contribution in [-0.2, 0) is 17.7 Å². The Labute approximate surface area is 107 Å². The second kappa shape index (κ2) is 7.06. The summed E-state index contributed by atoms with van der Waals surface area (Å²) in [7, 11) is 0. The molecule has 0 spiro atoms. The van der Waals surface area contributed by atoms with Crippen LogP contribution < -0.4 is 5.32 Å². The molecule has 1 aliphatic heterocycles. The number of ether oxygens (including phenoxy) is 1. The Morgan fingerprint density at radius 2 is 2.29 bits per heavy atom. The molecule has 1 fully saturated rings. The molecule has 1 saturated heterocycles. The van der Waals surface area contributed by atoms with Crippen LogP contribution in [0.3, 0.4) is 0 Å². The number of aromatic nitrogens is 1. The van der Waals surface area contributed by atoms with Crippen molar-refractivity contribution in [3.8, 4) is 0 Å². The van der Waals surface area contributed by atoms with Gasteiger partial charge in [0.2, 0.25) is 0 Å². The second-order valence-electron chi connectivity index (χ2n) is 4.22. The fourth-order valence-corrected chi connectivity index (χ4v) is 2.62. The molecule has 1 aromatic heterocycles. The molecule has 0 saturated carbocycles. The Balaban J connectivity index is 1.59. The van der Waals surface area contributed by atoms with Gasteiger partial charge in [0.1, 0.15) is 0 Å². The summed E-state index contributed by atoms with van der Waals surface area (Å²) in [6.45, 7) is 9.07. The molecule has 2 rings (SSSR count). The van der Waals surface area contributed by atoms with Crippen molar-refractivity contribution in [1.29, 1.82) is 0 Å². The lowest BCUT2D eigenvalue weighted by molar-refractivity contribution is 0.0384. The molecule has 1 aliphatic rings. The smallest absolute Gasteiger partial charge is 0.0926 e. The third-order valence-corrected chi connectivity index (χ3v) is 3.96. The minimum atomic E-state index is 0.881. The number of nitrogens with one attached hydrogen (secondary N) is 1. The minimum absolute atomic E-state index is 0.881. The van der Waals surface area contributed by atoms with Crippen molar-refractivity contribution in [2.24, 2.45) is 0 Å². The lowest BCUT2D eigenvalue weighted by atomic mass is 10.4. The van der Waals surface area contributed by atoms with Gasteiger partial charge in [-0.2, -0.15) is 0 Å². The molecule has 0 bridgehead atoms. The first-order chi connectivity index (χ1) is 8.38. The monoisotopic (exact) mass is 255 g/mol. The number of nitrogens with zero attached hydrogens (tertiary/aromatic N) is 2. The van der Waals surface area contributed by atoms with E-state index in [1.807, 2.05) is 0 Å². The molecule has 0 aliphatic carbocycles. The summed E-state index contributed by atoms with van der Waals surface area (Å²) < 4.78 is 5.32. The molecule has 0 unspecified atom stereocenters. The van der Waals surface area contributed by atoms with Crippen molar-refractivity contribution in [2.75, 3.05) is 39.4 Å². The van der Waals surface area contributed by atoms with Gasteiger partial charge < -0.3 is 10.1 Å². The zero-order chi connectivity index (χ0) is 11.9. The number of aryl methyl sites for hydroxylation is 1. The molecule has 1 aromatic rings. The van der Waals surface area contributed by atoms with Gasteiger partial charge in [-0.05, 0) is 6.42 Å². The lowest BCUT2D eigenvalue weighted by Gasteiger charge is -2.26. The topological polar surface area (TPSA) is 37.4 Å². The van der Waals surface area contributed by atoms with Crippen LogP contribution in [0.2, 0.25) is 0 Å². The number of hydrogen-bond donors (Lipinski definition) is 1. The highest BCUT2D eigenvalue weighted by atomic mass is 32.1. The normalized spacial score (nSPS) is 17.5. The van der Waals surface area contributed by atoms with Crippen LogP contribution >= 0.6 is 11.3 Å². The van der Waals surface area contributed by atoms with Crippen LogP contribution in [0, 0.1) is 0 Å². The van der Waals surface area contributed by atoms with Gasteiger partial charge in [-0.3, -0.25) is 4.90 Å². The van der Waals surface area contributed by atoms with Crippen molar-refractivity contribution in [3.05, 3.63) is 16.1 Å². The third-order valence-electron chi connectivity index (χ3n) is 2.92. The number of morpholine rings is 1. The predicted molar refractivity (Wildman–Crippen MR) is 70.5 cm³/mol. The highest BCUT2D eigenvalue weighted by molar-refractivity contribution is 7.09. The van der Waals surface area contributed by atoms with Gasteiger partial charge in [0.15, 0.2) is 0 Å². The maximum absolute atomic E-state index is 5.32. The Kier molecular flexibility index (Phi) is 5.38. The lowest BCUT2D eigenvalue weighted by Crippen LogP contribution is -2.40. The summed E-state index contributed by atoms with van der Waals surface area (Å²) in [5, 5.41) is 6.83. The summed E-state index contributed by atoms with van der Waals surface area (Å²) >= 11 is 1.76. The molecule has 1 N–H and O–H groups in total. The van der Waals surface area contributed by atoms with Gasteiger partial charge in [-0.25, -0.2) is 4.98 Å². The van der Waals surface area contributed by atoms with Crippen molar-refractivity contribution >= 4 is 11.3 Å². The van der Waals surface area contributed by atoms with Crippen LogP contribution in [0.15, 0.2) is 5.38 Å². The van der Waals surface area contributed by atoms with Crippen molar-refractivity contribution in [1.82, 2.24) is 15.2 Å². The fourth-order valence-electron chi connectivity index (χ4n) is 1.87. The first-order valence-corrected chi connectivity index (χ1v) is 7.20. The molecular weight excluding hydrogens is 234 g/mol. The standard InChI is InChI=1S/C12H21N3OS/c1-2-12-14-11(10-17-12)9-13-3-4-15-5-7-16-8-6-15/h10,13H,2-9H2,1H3. The molecule has 4 nitrogen and oxygen atoms in total. The van der Waals surface area contributed by atoms with E-state index in [1.54, 1.807) is 11.3 Å². The largest absolute Gasteiger partial charge is 0.379 e. The zero-order valence-corrected chi connectivity index (χ0v) is 11.3. The van der Waals surface area contributed by atoms with Gasteiger partial charge in [-0.15, -0.1) is 11.3 Å². The first-order valence-electron chi connectivity index (χ1n) is 6.32. The molecule has 5 heteroatoms. The summed E-state index contributed by atoms with van der Waals surface area (Å²) in [5.74, 6) is 0. The van der Waals surface area contributed by atoms with Gasteiger partial charge in [0.25, 0.3) is 0 Å². The number of thiazole rings is 1. The summed E-state index contributed by atoms with van der Waals surface area (Å²) in [4.78, 5) is 6.97. The molecular formula is C12H21N3OS. The van der Waals surface area contributed by atoms with Gasteiger partial charge in [-0.1, -0.05) is 6.92 Å². The van der Waals surface area contributed by atoms with Crippen LogP contribution in [0.5, 0.6) is 0 Å². The maximum atomic E-state index is 5.32. The van der Waals surface area contributed by atoms with Gasteiger partial charge >= 0.3 is 0 Å². The number of hydrogen-bond acceptors (Lipinski definition) is 5. The van der Waals surface area contributed by atoms with E-state index in [0.29, 0.717) is 0 Å². The summed E-state index contributed by atoms with van der Waals surface area (Å²) in [6, 6.07) is 0. The average molecular weight is 255 g/mol. The highest BCUT2D eigenvalue weighted by Gasteiger charge is 2.09. The van der Waals surface area contributed by atoms with Crippen molar-refractivity contribution < 1.29 is 4.74 Å². The van der Waals surface area contributed by atoms with Crippen LogP contribution in [0.1, 0.15) is 17.6 Å². The maximum Gasteiger partial charge on any atom is 0.0926 e. The Morgan fingerprint density at radius 1 is 1.47 bits per heavy atom. The molecule has 2 heterocycles. The molecule has 0 aromatic carbocycles.